The molecule has 2 saturated heterocycles. The van der Waals surface area contributed by atoms with Gasteiger partial charge in [-0.15, -0.1) is 0 Å². The number of aromatic nitrogens is 2. The molecule has 2 atom stereocenters. The third kappa shape index (κ3) is 2.97. The first-order valence-electron chi connectivity index (χ1n) is 7.24. The lowest BCUT2D eigenvalue weighted by molar-refractivity contribution is 0.325. The van der Waals surface area contributed by atoms with Crippen molar-refractivity contribution in [2.45, 2.75) is 57.7 Å². The van der Waals surface area contributed by atoms with Crippen molar-refractivity contribution in [1.82, 2.24) is 15.3 Å². The van der Waals surface area contributed by atoms with Gasteiger partial charge in [-0.25, -0.2) is 4.98 Å². The molecule has 2 aliphatic heterocycles. The lowest BCUT2D eigenvalue weighted by Gasteiger charge is -2.29. The largest absolute Gasteiger partial charge is 0.478 e. The minimum absolute atomic E-state index is 0.482. The number of nitrogens with zero attached hydrogens (tertiary/aromatic N) is 2. The Hall–Kier alpha value is -1.36. The van der Waals surface area contributed by atoms with Crippen LogP contribution in [0.15, 0.2) is 6.07 Å². The molecule has 0 spiro atoms. The molecule has 3 heterocycles. The van der Waals surface area contributed by atoms with Gasteiger partial charge in [0, 0.05) is 29.9 Å². The van der Waals surface area contributed by atoms with Gasteiger partial charge in [0.25, 0.3) is 0 Å². The van der Waals surface area contributed by atoms with Gasteiger partial charge in [0.1, 0.15) is 0 Å². The summed E-state index contributed by atoms with van der Waals surface area (Å²) in [6, 6.07) is 3.70. The molecule has 0 amide bonds. The number of hydrogen-bond donors (Lipinski definition) is 2. The summed E-state index contributed by atoms with van der Waals surface area (Å²) in [7, 11) is 0. The van der Waals surface area contributed by atoms with Crippen molar-refractivity contribution in [3.63, 3.8) is 0 Å². The maximum Gasteiger partial charge on any atom is 0.226 e. The Kier molecular flexibility index (Phi) is 3.55. The van der Waals surface area contributed by atoms with Crippen molar-refractivity contribution >= 4 is 5.95 Å². The van der Waals surface area contributed by atoms with E-state index in [9.17, 15) is 0 Å². The van der Waals surface area contributed by atoms with Gasteiger partial charge in [-0.05, 0) is 39.5 Å². The molecule has 2 N–H and O–H groups in total. The SMILES string of the molecule is CCOc1cc(C)nc(NC2CC3CCC(C2)N3)n1. The zero-order chi connectivity index (χ0) is 13.2. The number of aryl methyl sites for hydroxylation is 1. The molecule has 19 heavy (non-hydrogen) atoms. The molecular weight excluding hydrogens is 240 g/mol. The Labute approximate surface area is 114 Å². The van der Waals surface area contributed by atoms with E-state index in [1.54, 1.807) is 0 Å². The highest BCUT2D eigenvalue weighted by Gasteiger charge is 2.33. The van der Waals surface area contributed by atoms with Gasteiger partial charge in [-0.1, -0.05) is 0 Å². The maximum absolute atomic E-state index is 5.47. The number of piperidine rings is 1. The van der Waals surface area contributed by atoms with E-state index in [0.29, 0.717) is 36.6 Å². The first-order chi connectivity index (χ1) is 9.22. The van der Waals surface area contributed by atoms with E-state index in [2.05, 4.69) is 20.6 Å². The summed E-state index contributed by atoms with van der Waals surface area (Å²) in [6.07, 6.45) is 4.94. The van der Waals surface area contributed by atoms with Crippen LogP contribution in [0.3, 0.4) is 0 Å². The number of nitrogens with one attached hydrogen (secondary N) is 2. The molecule has 104 valence electrons. The van der Waals surface area contributed by atoms with E-state index in [1.807, 2.05) is 19.9 Å². The van der Waals surface area contributed by atoms with Crippen molar-refractivity contribution in [2.75, 3.05) is 11.9 Å². The third-order valence-corrected chi connectivity index (χ3v) is 3.93. The zero-order valence-corrected chi connectivity index (χ0v) is 11.6. The van der Waals surface area contributed by atoms with Crippen LogP contribution in [-0.4, -0.2) is 34.7 Å². The predicted octanol–water partition coefficient (Wildman–Crippen LogP) is 1.88. The van der Waals surface area contributed by atoms with Crippen molar-refractivity contribution in [2.24, 2.45) is 0 Å². The number of fused-ring (bicyclic) bond motifs is 2. The average Bonchev–Trinajstić information content (AvgIpc) is 2.68. The van der Waals surface area contributed by atoms with E-state index >= 15 is 0 Å². The minimum atomic E-state index is 0.482. The summed E-state index contributed by atoms with van der Waals surface area (Å²) in [6.45, 7) is 4.57. The van der Waals surface area contributed by atoms with Gasteiger partial charge in [-0.3, -0.25) is 0 Å². The fraction of sp³-hybridized carbons (Fsp3) is 0.714. The fourth-order valence-electron chi connectivity index (χ4n) is 3.18. The molecule has 0 radical (unpaired) electrons. The monoisotopic (exact) mass is 262 g/mol. The van der Waals surface area contributed by atoms with Crippen LogP contribution in [0.2, 0.25) is 0 Å². The Morgan fingerprint density at radius 3 is 2.74 bits per heavy atom. The second kappa shape index (κ2) is 5.33. The summed E-state index contributed by atoms with van der Waals surface area (Å²) in [4.78, 5) is 8.88. The second-order valence-electron chi connectivity index (χ2n) is 5.55. The number of anilines is 1. The summed E-state index contributed by atoms with van der Waals surface area (Å²) in [5, 5.41) is 7.12. The molecule has 0 aliphatic carbocycles. The van der Waals surface area contributed by atoms with Crippen LogP contribution in [0.5, 0.6) is 5.88 Å². The Bertz CT molecular complexity index is 439. The fourth-order valence-corrected chi connectivity index (χ4v) is 3.18. The molecule has 2 fully saturated rings. The van der Waals surface area contributed by atoms with E-state index in [-0.39, 0.29) is 0 Å². The Balaban J connectivity index is 1.68. The van der Waals surface area contributed by atoms with Crippen LogP contribution in [-0.2, 0) is 0 Å². The van der Waals surface area contributed by atoms with Crippen molar-refractivity contribution in [3.8, 4) is 5.88 Å². The molecule has 2 aliphatic rings. The highest BCUT2D eigenvalue weighted by molar-refractivity contribution is 5.32. The second-order valence-corrected chi connectivity index (χ2v) is 5.55. The molecular formula is C14H22N4O. The van der Waals surface area contributed by atoms with Gasteiger partial charge < -0.3 is 15.4 Å². The molecule has 1 aromatic heterocycles. The van der Waals surface area contributed by atoms with Crippen LogP contribution < -0.4 is 15.4 Å². The normalized spacial score (nSPS) is 29.3. The quantitative estimate of drug-likeness (QED) is 0.867. The number of hydrogen-bond acceptors (Lipinski definition) is 5. The highest BCUT2D eigenvalue weighted by Crippen LogP contribution is 2.28. The topological polar surface area (TPSA) is 59.1 Å². The lowest BCUT2D eigenvalue weighted by atomic mass is 10.0. The summed E-state index contributed by atoms with van der Waals surface area (Å²) >= 11 is 0. The molecule has 2 bridgehead atoms. The first kappa shape index (κ1) is 12.7. The molecule has 5 heteroatoms. The molecule has 0 saturated carbocycles. The molecule has 3 rings (SSSR count). The highest BCUT2D eigenvalue weighted by atomic mass is 16.5. The van der Waals surface area contributed by atoms with Crippen LogP contribution in [0.4, 0.5) is 5.95 Å². The molecule has 1 aromatic rings. The van der Waals surface area contributed by atoms with E-state index in [0.717, 1.165) is 18.5 Å². The number of ether oxygens (including phenoxy) is 1. The van der Waals surface area contributed by atoms with Gasteiger partial charge >= 0.3 is 0 Å². The number of rotatable bonds is 4. The van der Waals surface area contributed by atoms with E-state index in [1.165, 1.54) is 12.8 Å². The van der Waals surface area contributed by atoms with Gasteiger partial charge in [0.15, 0.2) is 0 Å². The van der Waals surface area contributed by atoms with Crippen molar-refractivity contribution in [1.29, 1.82) is 0 Å². The predicted molar refractivity (Wildman–Crippen MR) is 74.5 cm³/mol. The zero-order valence-electron chi connectivity index (χ0n) is 11.6. The lowest BCUT2D eigenvalue weighted by Crippen LogP contribution is -2.43. The van der Waals surface area contributed by atoms with Crippen LogP contribution in [0, 0.1) is 6.92 Å². The minimum Gasteiger partial charge on any atom is -0.478 e. The van der Waals surface area contributed by atoms with E-state index < -0.39 is 0 Å². The first-order valence-corrected chi connectivity index (χ1v) is 7.24. The van der Waals surface area contributed by atoms with Crippen LogP contribution in [0.25, 0.3) is 0 Å². The maximum atomic E-state index is 5.47. The van der Waals surface area contributed by atoms with Crippen molar-refractivity contribution < 1.29 is 4.74 Å². The summed E-state index contributed by atoms with van der Waals surface area (Å²) in [5.41, 5.74) is 0.942. The molecule has 2 unspecified atom stereocenters. The van der Waals surface area contributed by atoms with E-state index in [4.69, 9.17) is 4.74 Å². The average molecular weight is 262 g/mol. The standard InChI is InChI=1S/C14H22N4O/c1-3-19-13-6-9(2)15-14(18-13)17-12-7-10-4-5-11(8-12)16-10/h6,10-12,16H,3-5,7-8H2,1-2H3,(H,15,17,18). The third-order valence-electron chi connectivity index (χ3n) is 3.93. The van der Waals surface area contributed by atoms with Gasteiger partial charge in [0.2, 0.25) is 11.8 Å². The van der Waals surface area contributed by atoms with Crippen LogP contribution in [0.1, 0.15) is 38.3 Å². The Morgan fingerprint density at radius 1 is 1.32 bits per heavy atom. The summed E-state index contributed by atoms with van der Waals surface area (Å²) < 4.78 is 5.47. The van der Waals surface area contributed by atoms with Crippen LogP contribution >= 0.6 is 0 Å². The van der Waals surface area contributed by atoms with Crippen molar-refractivity contribution in [3.05, 3.63) is 11.8 Å². The molecule has 0 aromatic carbocycles. The Morgan fingerprint density at radius 2 is 2.05 bits per heavy atom. The smallest absolute Gasteiger partial charge is 0.226 e. The van der Waals surface area contributed by atoms with Gasteiger partial charge in [-0.2, -0.15) is 4.98 Å². The molecule has 5 nitrogen and oxygen atoms in total. The summed E-state index contributed by atoms with van der Waals surface area (Å²) in [5.74, 6) is 1.36. The van der Waals surface area contributed by atoms with Gasteiger partial charge in [0.05, 0.1) is 6.61 Å².